The Morgan fingerprint density at radius 3 is 2.61 bits per heavy atom. The van der Waals surface area contributed by atoms with Crippen LogP contribution in [0.2, 0.25) is 0 Å². The van der Waals surface area contributed by atoms with Gasteiger partial charge in [-0.1, -0.05) is 36.4 Å². The van der Waals surface area contributed by atoms with Crippen LogP contribution in [0.4, 0.5) is 0 Å². The van der Waals surface area contributed by atoms with Crippen LogP contribution in [0.15, 0.2) is 66.9 Å². The highest BCUT2D eigenvalue weighted by atomic mass is 16.1. The molecule has 0 bridgehead atoms. The molecule has 0 aliphatic carbocycles. The molecule has 0 saturated carbocycles. The maximum atomic E-state index is 12.9. The number of carbonyl (C=O) groups is 1. The Bertz CT molecular complexity index is 1150. The topological polar surface area (TPSA) is 59.8 Å². The Labute approximate surface area is 164 Å². The molecule has 140 valence electrons. The Kier molecular flexibility index (Phi) is 4.65. The molecule has 5 nitrogen and oxygen atoms in total. The van der Waals surface area contributed by atoms with Gasteiger partial charge in [-0.25, -0.2) is 9.97 Å². The number of aromatic nitrogens is 3. The monoisotopic (exact) mass is 370 g/mol. The molecule has 1 amide bonds. The molecule has 0 saturated heterocycles. The van der Waals surface area contributed by atoms with Gasteiger partial charge in [0, 0.05) is 11.8 Å². The summed E-state index contributed by atoms with van der Waals surface area (Å²) < 4.78 is 2.00. The fraction of sp³-hybridized carbons (Fsp3) is 0.174. The molecule has 1 N–H and O–H groups in total. The highest BCUT2D eigenvalue weighted by Gasteiger charge is 2.16. The van der Waals surface area contributed by atoms with Gasteiger partial charge < -0.3 is 5.32 Å². The van der Waals surface area contributed by atoms with Crippen LogP contribution in [0, 0.1) is 13.8 Å². The molecule has 2 heterocycles. The second-order valence-corrected chi connectivity index (χ2v) is 6.95. The van der Waals surface area contributed by atoms with E-state index in [1.54, 1.807) is 6.20 Å². The van der Waals surface area contributed by atoms with Gasteiger partial charge in [-0.05, 0) is 56.2 Å². The van der Waals surface area contributed by atoms with E-state index in [0.717, 1.165) is 33.8 Å². The van der Waals surface area contributed by atoms with Crippen LogP contribution in [0.3, 0.4) is 0 Å². The summed E-state index contributed by atoms with van der Waals surface area (Å²) in [5.74, 6) is 0.736. The van der Waals surface area contributed by atoms with Crippen molar-refractivity contribution in [3.8, 4) is 5.69 Å². The van der Waals surface area contributed by atoms with Gasteiger partial charge in [-0.3, -0.25) is 9.36 Å². The normalized spacial score (nSPS) is 12.1. The van der Waals surface area contributed by atoms with Crippen LogP contribution in [-0.4, -0.2) is 20.4 Å². The number of benzene rings is 2. The molecule has 0 spiro atoms. The summed E-state index contributed by atoms with van der Waals surface area (Å²) in [4.78, 5) is 21.9. The third-order valence-corrected chi connectivity index (χ3v) is 4.94. The first kappa shape index (κ1) is 17.9. The van der Waals surface area contributed by atoms with Crippen molar-refractivity contribution in [1.29, 1.82) is 0 Å². The molecular formula is C23H22N4O. The van der Waals surface area contributed by atoms with E-state index >= 15 is 0 Å². The van der Waals surface area contributed by atoms with E-state index < -0.39 is 0 Å². The second-order valence-electron chi connectivity index (χ2n) is 6.95. The minimum atomic E-state index is -0.104. The largest absolute Gasteiger partial charge is 0.346 e. The average molecular weight is 370 g/mol. The van der Waals surface area contributed by atoms with Gasteiger partial charge in [-0.2, -0.15) is 0 Å². The van der Waals surface area contributed by atoms with Gasteiger partial charge in [0.2, 0.25) is 0 Å². The molecule has 1 atom stereocenters. The summed E-state index contributed by atoms with van der Waals surface area (Å²) in [5, 5.41) is 3.08. The number of pyridine rings is 1. The summed E-state index contributed by atoms with van der Waals surface area (Å²) >= 11 is 0. The predicted octanol–water partition coefficient (Wildman–Crippen LogP) is 4.53. The van der Waals surface area contributed by atoms with Crippen LogP contribution < -0.4 is 5.32 Å². The van der Waals surface area contributed by atoms with Gasteiger partial charge >= 0.3 is 0 Å². The van der Waals surface area contributed by atoms with Crippen molar-refractivity contribution in [3.05, 3.63) is 89.4 Å². The quantitative estimate of drug-likeness (QED) is 0.574. The van der Waals surface area contributed by atoms with E-state index in [1.807, 2.05) is 86.0 Å². The van der Waals surface area contributed by atoms with Crippen molar-refractivity contribution in [2.45, 2.75) is 26.8 Å². The molecule has 0 fully saturated rings. The summed E-state index contributed by atoms with van der Waals surface area (Å²) in [6, 6.07) is 19.4. The Morgan fingerprint density at radius 2 is 1.82 bits per heavy atom. The minimum Gasteiger partial charge on any atom is -0.346 e. The van der Waals surface area contributed by atoms with Crippen molar-refractivity contribution in [2.24, 2.45) is 0 Å². The number of hydrogen-bond donors (Lipinski definition) is 1. The van der Waals surface area contributed by atoms with E-state index in [1.165, 1.54) is 0 Å². The molecular weight excluding hydrogens is 348 g/mol. The number of rotatable bonds is 4. The third kappa shape index (κ3) is 3.27. The molecule has 4 aromatic rings. The zero-order valence-corrected chi connectivity index (χ0v) is 16.2. The number of fused-ring (bicyclic) bond motifs is 1. The number of aryl methyl sites for hydroxylation is 2. The first-order valence-electron chi connectivity index (χ1n) is 9.31. The van der Waals surface area contributed by atoms with E-state index in [2.05, 4.69) is 15.3 Å². The lowest BCUT2D eigenvalue weighted by molar-refractivity contribution is 0.0940. The maximum absolute atomic E-state index is 12.9. The standard InChI is InChI=1S/C23H22N4O/c1-15-11-12-19(23(28)25-16(2)18-8-5-4-6-9-18)14-21(15)27-17(3)26-20-10-7-13-24-22(20)27/h4-14,16H,1-3H3,(H,25,28)/t16-/m0/s1. The summed E-state index contributed by atoms with van der Waals surface area (Å²) in [7, 11) is 0. The average Bonchev–Trinajstić information content (AvgIpc) is 3.04. The van der Waals surface area contributed by atoms with E-state index in [0.29, 0.717) is 5.56 Å². The zero-order valence-electron chi connectivity index (χ0n) is 16.2. The van der Waals surface area contributed by atoms with Gasteiger partial charge in [0.25, 0.3) is 5.91 Å². The Morgan fingerprint density at radius 1 is 1.04 bits per heavy atom. The number of hydrogen-bond acceptors (Lipinski definition) is 3. The fourth-order valence-corrected chi connectivity index (χ4v) is 3.41. The molecule has 0 unspecified atom stereocenters. The number of carbonyl (C=O) groups excluding carboxylic acids is 1. The highest BCUT2D eigenvalue weighted by Crippen LogP contribution is 2.23. The molecule has 0 aliphatic heterocycles. The van der Waals surface area contributed by atoms with Crippen LogP contribution in [0.25, 0.3) is 16.9 Å². The molecule has 28 heavy (non-hydrogen) atoms. The molecule has 4 rings (SSSR count). The van der Waals surface area contributed by atoms with E-state index in [9.17, 15) is 4.79 Å². The van der Waals surface area contributed by atoms with Gasteiger partial charge in [0.05, 0.1) is 11.7 Å². The smallest absolute Gasteiger partial charge is 0.251 e. The molecule has 0 aliphatic rings. The van der Waals surface area contributed by atoms with Crippen molar-refractivity contribution in [3.63, 3.8) is 0 Å². The van der Waals surface area contributed by atoms with E-state index in [-0.39, 0.29) is 11.9 Å². The van der Waals surface area contributed by atoms with E-state index in [4.69, 9.17) is 0 Å². The lowest BCUT2D eigenvalue weighted by Crippen LogP contribution is -2.26. The first-order valence-corrected chi connectivity index (χ1v) is 9.31. The summed E-state index contributed by atoms with van der Waals surface area (Å²) in [6.45, 7) is 5.96. The van der Waals surface area contributed by atoms with Crippen molar-refractivity contribution in [1.82, 2.24) is 19.9 Å². The van der Waals surface area contributed by atoms with Gasteiger partial charge in [-0.15, -0.1) is 0 Å². The lowest BCUT2D eigenvalue weighted by atomic mass is 10.1. The number of amides is 1. The molecule has 5 heteroatoms. The van der Waals surface area contributed by atoms with Gasteiger partial charge in [0.1, 0.15) is 11.3 Å². The minimum absolute atomic E-state index is 0.0732. The van der Waals surface area contributed by atoms with Crippen LogP contribution >= 0.6 is 0 Å². The summed E-state index contributed by atoms with van der Waals surface area (Å²) in [5.41, 5.74) is 5.29. The molecule has 0 radical (unpaired) electrons. The number of imidazole rings is 1. The SMILES string of the molecule is Cc1ccc(C(=O)N[C@@H](C)c2ccccc2)cc1-n1c(C)nc2cccnc21. The van der Waals surface area contributed by atoms with Crippen molar-refractivity contribution < 1.29 is 4.79 Å². The fourth-order valence-electron chi connectivity index (χ4n) is 3.41. The molecule has 2 aromatic carbocycles. The molecule has 2 aromatic heterocycles. The number of nitrogens with zero attached hydrogens (tertiary/aromatic N) is 3. The number of nitrogens with one attached hydrogen (secondary N) is 1. The Hall–Kier alpha value is -3.47. The predicted molar refractivity (Wildman–Crippen MR) is 111 cm³/mol. The van der Waals surface area contributed by atoms with Crippen molar-refractivity contribution in [2.75, 3.05) is 0 Å². The van der Waals surface area contributed by atoms with Gasteiger partial charge in [0.15, 0.2) is 5.65 Å². The first-order chi connectivity index (χ1) is 13.5. The maximum Gasteiger partial charge on any atom is 0.251 e. The van der Waals surface area contributed by atoms with Crippen LogP contribution in [-0.2, 0) is 0 Å². The van der Waals surface area contributed by atoms with Crippen molar-refractivity contribution >= 4 is 17.1 Å². The highest BCUT2D eigenvalue weighted by molar-refractivity contribution is 5.95. The third-order valence-electron chi connectivity index (χ3n) is 4.94. The summed E-state index contributed by atoms with van der Waals surface area (Å²) in [6.07, 6.45) is 1.76. The lowest BCUT2D eigenvalue weighted by Gasteiger charge is -2.16. The van der Waals surface area contributed by atoms with Crippen LogP contribution in [0.5, 0.6) is 0 Å². The van der Waals surface area contributed by atoms with Crippen LogP contribution in [0.1, 0.15) is 40.3 Å². The second kappa shape index (κ2) is 7.27. The zero-order chi connectivity index (χ0) is 19.7. The Balaban J connectivity index is 1.69.